The van der Waals surface area contributed by atoms with Crippen LogP contribution >= 0.6 is 0 Å². The molecule has 5 nitrogen and oxygen atoms in total. The lowest BCUT2D eigenvalue weighted by atomic mass is 9.80. The first-order chi connectivity index (χ1) is 11.0. The molecule has 23 heavy (non-hydrogen) atoms. The highest BCUT2D eigenvalue weighted by molar-refractivity contribution is 5.91. The quantitative estimate of drug-likeness (QED) is 0.843. The maximum Gasteiger partial charge on any atom is 0.306 e. The zero-order chi connectivity index (χ0) is 16.8. The van der Waals surface area contributed by atoms with E-state index in [1.54, 1.807) is 12.1 Å². The fourth-order valence-electron chi connectivity index (χ4n) is 3.04. The number of carbonyl (C=O) groups excluding carboxylic acids is 1. The van der Waals surface area contributed by atoms with Crippen LogP contribution in [0.2, 0.25) is 0 Å². The second-order valence-corrected chi connectivity index (χ2v) is 6.01. The molecule has 1 aromatic rings. The van der Waals surface area contributed by atoms with Crippen LogP contribution in [-0.4, -0.2) is 24.1 Å². The highest BCUT2D eigenvalue weighted by atomic mass is 19.1. The Labute approximate surface area is 134 Å². The van der Waals surface area contributed by atoms with E-state index in [9.17, 15) is 14.0 Å². The number of hydrogen-bond donors (Lipinski definition) is 2. The van der Waals surface area contributed by atoms with Crippen molar-refractivity contribution < 1.29 is 23.8 Å². The molecule has 0 atom stereocenters. The van der Waals surface area contributed by atoms with Gasteiger partial charge in [0, 0.05) is 24.8 Å². The van der Waals surface area contributed by atoms with E-state index in [1.807, 2.05) is 0 Å². The summed E-state index contributed by atoms with van der Waals surface area (Å²) in [7, 11) is 1.47. The van der Waals surface area contributed by atoms with Crippen LogP contribution in [0.25, 0.3) is 0 Å². The zero-order valence-corrected chi connectivity index (χ0v) is 13.2. The largest absolute Gasteiger partial charge is 0.481 e. The fourth-order valence-corrected chi connectivity index (χ4v) is 3.04. The number of benzene rings is 1. The van der Waals surface area contributed by atoms with Gasteiger partial charge >= 0.3 is 5.97 Å². The van der Waals surface area contributed by atoms with Gasteiger partial charge in [0.1, 0.15) is 5.82 Å². The van der Waals surface area contributed by atoms with Gasteiger partial charge in [-0.15, -0.1) is 0 Å². The van der Waals surface area contributed by atoms with Gasteiger partial charge in [-0.3, -0.25) is 9.59 Å². The van der Waals surface area contributed by atoms with E-state index in [0.717, 1.165) is 12.8 Å². The Morgan fingerprint density at radius 3 is 2.61 bits per heavy atom. The molecule has 0 spiro atoms. The fraction of sp³-hybridized carbons (Fsp3) is 0.529. The molecule has 1 aromatic carbocycles. The monoisotopic (exact) mass is 323 g/mol. The lowest BCUT2D eigenvalue weighted by molar-refractivity contribution is -0.143. The van der Waals surface area contributed by atoms with Crippen LogP contribution in [-0.2, 0) is 20.9 Å². The Hall–Kier alpha value is -1.95. The summed E-state index contributed by atoms with van der Waals surface area (Å²) in [6, 6.07) is 4.52. The average molecular weight is 323 g/mol. The maximum absolute atomic E-state index is 13.8. The van der Waals surface area contributed by atoms with Crippen molar-refractivity contribution in [3.8, 4) is 0 Å². The van der Waals surface area contributed by atoms with Gasteiger partial charge in [-0.1, -0.05) is 6.07 Å². The third-order valence-corrected chi connectivity index (χ3v) is 4.35. The molecule has 0 aromatic heterocycles. The standard InChI is InChI=1S/C17H22FNO4/c1-23-10-13-14(18)3-2-4-15(13)19-16(20)9-11-5-7-12(8-6-11)17(21)22/h2-4,11-12H,5-10H2,1H3,(H,19,20)(H,21,22). The van der Waals surface area contributed by atoms with Crippen LogP contribution in [0.3, 0.4) is 0 Å². The summed E-state index contributed by atoms with van der Waals surface area (Å²) in [6.45, 7) is 0.0893. The molecule has 2 N–H and O–H groups in total. The van der Waals surface area contributed by atoms with E-state index in [4.69, 9.17) is 9.84 Å². The van der Waals surface area contributed by atoms with Crippen LogP contribution in [0, 0.1) is 17.7 Å². The van der Waals surface area contributed by atoms with E-state index in [2.05, 4.69) is 5.32 Å². The second kappa shape index (κ2) is 8.06. The Balaban J connectivity index is 1.91. The maximum atomic E-state index is 13.8. The first kappa shape index (κ1) is 17.4. The van der Waals surface area contributed by atoms with Crippen molar-refractivity contribution >= 4 is 17.6 Å². The molecule has 1 saturated carbocycles. The Morgan fingerprint density at radius 2 is 2.00 bits per heavy atom. The molecule has 6 heteroatoms. The lowest BCUT2D eigenvalue weighted by Crippen LogP contribution is -2.24. The van der Waals surface area contributed by atoms with Gasteiger partial charge in [-0.25, -0.2) is 4.39 Å². The minimum atomic E-state index is -0.753. The molecule has 1 fully saturated rings. The average Bonchev–Trinajstić information content (AvgIpc) is 2.51. The molecule has 126 valence electrons. The summed E-state index contributed by atoms with van der Waals surface area (Å²) >= 11 is 0. The van der Waals surface area contributed by atoms with Gasteiger partial charge in [0.2, 0.25) is 5.91 Å². The summed E-state index contributed by atoms with van der Waals surface area (Å²) < 4.78 is 18.7. The smallest absolute Gasteiger partial charge is 0.306 e. The van der Waals surface area contributed by atoms with E-state index < -0.39 is 11.8 Å². The van der Waals surface area contributed by atoms with Crippen LogP contribution in [0.4, 0.5) is 10.1 Å². The number of carboxylic acid groups (broad SMARTS) is 1. The predicted molar refractivity (Wildman–Crippen MR) is 83.4 cm³/mol. The highest BCUT2D eigenvalue weighted by Crippen LogP contribution is 2.31. The summed E-state index contributed by atoms with van der Waals surface area (Å²) in [5.74, 6) is -1.44. The number of halogens is 1. The van der Waals surface area contributed by atoms with E-state index in [1.165, 1.54) is 13.2 Å². The number of nitrogens with one attached hydrogen (secondary N) is 1. The highest BCUT2D eigenvalue weighted by Gasteiger charge is 2.27. The molecule has 2 rings (SSSR count). The third-order valence-electron chi connectivity index (χ3n) is 4.35. The Bertz CT molecular complexity index is 568. The van der Waals surface area contributed by atoms with Gasteiger partial charge in [0.05, 0.1) is 12.5 Å². The summed E-state index contributed by atoms with van der Waals surface area (Å²) in [5.41, 5.74) is 0.758. The summed E-state index contributed by atoms with van der Waals surface area (Å²) in [5, 5.41) is 11.7. The number of carbonyl (C=O) groups is 2. The molecule has 1 aliphatic rings. The first-order valence-electron chi connectivity index (χ1n) is 7.80. The Kier molecular flexibility index (Phi) is 6.10. The normalized spacial score (nSPS) is 21.0. The Morgan fingerprint density at radius 1 is 1.30 bits per heavy atom. The molecule has 0 heterocycles. The van der Waals surface area contributed by atoms with Crippen LogP contribution < -0.4 is 5.32 Å². The summed E-state index contributed by atoms with van der Waals surface area (Å²) in [6.07, 6.45) is 3.02. The van der Waals surface area contributed by atoms with Crippen LogP contribution in [0.5, 0.6) is 0 Å². The SMILES string of the molecule is COCc1c(F)cccc1NC(=O)CC1CCC(C(=O)O)CC1. The van der Waals surface area contributed by atoms with Crippen molar-refractivity contribution in [3.63, 3.8) is 0 Å². The van der Waals surface area contributed by atoms with E-state index >= 15 is 0 Å². The zero-order valence-electron chi connectivity index (χ0n) is 13.2. The van der Waals surface area contributed by atoms with Crippen molar-refractivity contribution in [2.75, 3.05) is 12.4 Å². The molecule has 0 saturated heterocycles. The molecular formula is C17H22FNO4. The van der Waals surface area contributed by atoms with Crippen molar-refractivity contribution in [3.05, 3.63) is 29.6 Å². The number of rotatable bonds is 6. The van der Waals surface area contributed by atoms with Gasteiger partial charge in [-0.2, -0.15) is 0 Å². The number of aliphatic carboxylic acids is 1. The van der Waals surface area contributed by atoms with Crippen LogP contribution in [0.15, 0.2) is 18.2 Å². The van der Waals surface area contributed by atoms with Crippen molar-refractivity contribution in [1.29, 1.82) is 0 Å². The molecular weight excluding hydrogens is 301 g/mol. The van der Waals surface area contributed by atoms with Gasteiger partial charge < -0.3 is 15.2 Å². The minimum absolute atomic E-state index is 0.0893. The molecule has 1 aliphatic carbocycles. The minimum Gasteiger partial charge on any atom is -0.481 e. The topological polar surface area (TPSA) is 75.6 Å². The lowest BCUT2D eigenvalue weighted by Gasteiger charge is -2.25. The van der Waals surface area contributed by atoms with Crippen LogP contribution in [0.1, 0.15) is 37.7 Å². The van der Waals surface area contributed by atoms with Crippen molar-refractivity contribution in [1.82, 2.24) is 0 Å². The van der Waals surface area contributed by atoms with Gasteiger partial charge in [-0.05, 0) is 43.7 Å². The molecule has 0 bridgehead atoms. The molecule has 0 radical (unpaired) electrons. The van der Waals surface area contributed by atoms with E-state index in [-0.39, 0.29) is 24.3 Å². The van der Waals surface area contributed by atoms with Gasteiger partial charge in [0.15, 0.2) is 0 Å². The second-order valence-electron chi connectivity index (χ2n) is 6.01. The number of carboxylic acids is 1. The molecule has 1 amide bonds. The first-order valence-corrected chi connectivity index (χ1v) is 7.80. The number of ether oxygens (including phenoxy) is 1. The van der Waals surface area contributed by atoms with Gasteiger partial charge in [0.25, 0.3) is 0 Å². The van der Waals surface area contributed by atoms with Crippen molar-refractivity contribution in [2.24, 2.45) is 11.8 Å². The predicted octanol–water partition coefficient (Wildman–Crippen LogP) is 3.19. The molecule has 0 aliphatic heterocycles. The van der Waals surface area contributed by atoms with Crippen molar-refractivity contribution in [2.45, 2.75) is 38.7 Å². The number of anilines is 1. The number of hydrogen-bond acceptors (Lipinski definition) is 3. The summed E-state index contributed by atoms with van der Waals surface area (Å²) in [4.78, 5) is 23.1. The number of methoxy groups -OCH3 is 1. The molecule has 0 unspecified atom stereocenters. The van der Waals surface area contributed by atoms with E-state index in [0.29, 0.717) is 30.5 Å². The number of amides is 1. The third kappa shape index (κ3) is 4.76.